The second kappa shape index (κ2) is 12.5. The fourth-order valence-electron chi connectivity index (χ4n) is 4.55. The Balaban J connectivity index is 1.42. The van der Waals surface area contributed by atoms with Gasteiger partial charge in [-0.25, -0.2) is 22.5 Å². The summed E-state index contributed by atoms with van der Waals surface area (Å²) in [5.41, 5.74) is 5.92. The number of carbonyl (C=O) groups excluding carboxylic acids is 2. The highest BCUT2D eigenvalue weighted by molar-refractivity contribution is 7.89. The quantitative estimate of drug-likeness (QED) is 0.337. The fourth-order valence-corrected chi connectivity index (χ4v) is 5.98. The zero-order valence-electron chi connectivity index (χ0n) is 22.3. The minimum Gasteiger partial charge on any atom is -0.494 e. The lowest BCUT2D eigenvalue weighted by atomic mass is 10.0. The number of carbonyl (C=O) groups is 2. The number of rotatable bonds is 9. The number of piperidine rings is 1. The topological polar surface area (TPSA) is 149 Å². The number of benzene rings is 2. The standard InChI is InChI=1S/C26H29ClF2N6O5S/c1-34-20(18-5-6-21(40-2)23(29)22(18)28)14-31-24(34)25(36)32-16-3-4-17(19(27)13-16)26(37)35-10-7-15(8-11-35)33-41(38,39)12-9-30/h3-6,13-15,33H,7-12,30H2,1-2H3,(H,32,36). The molecular formula is C26H29ClF2N6O5S. The molecule has 1 aliphatic rings. The average molecular weight is 611 g/mol. The Kier molecular flexibility index (Phi) is 9.27. The normalized spacial score (nSPS) is 14.2. The number of methoxy groups -OCH3 is 1. The number of halogens is 3. The van der Waals surface area contributed by atoms with Crippen LogP contribution in [-0.2, 0) is 17.1 Å². The first-order valence-electron chi connectivity index (χ1n) is 12.6. The number of anilines is 1. The van der Waals surface area contributed by atoms with Gasteiger partial charge in [0.25, 0.3) is 11.8 Å². The molecule has 1 saturated heterocycles. The summed E-state index contributed by atoms with van der Waals surface area (Å²) in [6.07, 6.45) is 2.14. The minimum absolute atomic E-state index is 0.0231. The van der Waals surface area contributed by atoms with Crippen LogP contribution in [0.25, 0.3) is 11.3 Å². The molecule has 0 radical (unpaired) electrons. The molecule has 1 aromatic heterocycles. The van der Waals surface area contributed by atoms with E-state index < -0.39 is 27.6 Å². The van der Waals surface area contributed by atoms with Gasteiger partial charge < -0.3 is 25.3 Å². The van der Waals surface area contributed by atoms with Crippen LogP contribution in [0.15, 0.2) is 36.5 Å². The summed E-state index contributed by atoms with van der Waals surface area (Å²) < 4.78 is 61.4. The van der Waals surface area contributed by atoms with E-state index in [1.807, 2.05) is 0 Å². The van der Waals surface area contributed by atoms with E-state index in [9.17, 15) is 26.8 Å². The molecule has 0 atom stereocenters. The SMILES string of the molecule is COc1ccc(-c2cnc(C(=O)Nc3ccc(C(=O)N4CCC(NS(=O)(=O)CCN)CC4)c(Cl)c3)n2C)c(F)c1F. The molecular weight excluding hydrogens is 582 g/mol. The lowest BCUT2D eigenvalue weighted by Crippen LogP contribution is -2.47. The van der Waals surface area contributed by atoms with E-state index in [4.69, 9.17) is 22.1 Å². The number of hydrogen-bond acceptors (Lipinski definition) is 7. The van der Waals surface area contributed by atoms with Crippen LogP contribution in [0.3, 0.4) is 0 Å². The first-order valence-corrected chi connectivity index (χ1v) is 14.6. The predicted molar refractivity (Wildman–Crippen MR) is 149 cm³/mol. The molecule has 1 fully saturated rings. The van der Waals surface area contributed by atoms with Gasteiger partial charge in [-0.3, -0.25) is 9.59 Å². The second-order valence-electron chi connectivity index (χ2n) is 9.41. The van der Waals surface area contributed by atoms with Gasteiger partial charge in [0.05, 0.1) is 35.3 Å². The maximum atomic E-state index is 14.6. The number of amides is 2. The minimum atomic E-state index is -3.46. The van der Waals surface area contributed by atoms with Crippen LogP contribution in [-0.4, -0.2) is 73.2 Å². The van der Waals surface area contributed by atoms with E-state index in [0.29, 0.717) is 25.9 Å². The largest absolute Gasteiger partial charge is 0.494 e. The Labute approximate surface area is 240 Å². The highest BCUT2D eigenvalue weighted by Gasteiger charge is 2.27. The van der Waals surface area contributed by atoms with Gasteiger partial charge in [-0.05, 0) is 43.2 Å². The highest BCUT2D eigenvalue weighted by atomic mass is 35.5. The van der Waals surface area contributed by atoms with Crippen LogP contribution in [0.2, 0.25) is 5.02 Å². The van der Waals surface area contributed by atoms with E-state index in [1.165, 1.54) is 55.3 Å². The maximum absolute atomic E-state index is 14.6. The molecule has 2 aromatic carbocycles. The smallest absolute Gasteiger partial charge is 0.291 e. The van der Waals surface area contributed by atoms with Gasteiger partial charge in [0.15, 0.2) is 17.4 Å². The van der Waals surface area contributed by atoms with Crippen molar-refractivity contribution < 1.29 is 31.5 Å². The molecule has 41 heavy (non-hydrogen) atoms. The molecule has 0 saturated carbocycles. The van der Waals surface area contributed by atoms with Gasteiger partial charge in [-0.1, -0.05) is 11.6 Å². The molecule has 11 nitrogen and oxygen atoms in total. The molecule has 4 N–H and O–H groups in total. The van der Waals surface area contributed by atoms with Crippen molar-refractivity contribution in [3.8, 4) is 17.0 Å². The number of sulfonamides is 1. The van der Waals surface area contributed by atoms with Crippen LogP contribution in [0.4, 0.5) is 14.5 Å². The van der Waals surface area contributed by atoms with Gasteiger partial charge >= 0.3 is 0 Å². The van der Waals surface area contributed by atoms with E-state index in [-0.39, 0.29) is 63.4 Å². The van der Waals surface area contributed by atoms with E-state index in [0.717, 1.165) is 0 Å². The Morgan fingerprint density at radius 2 is 1.88 bits per heavy atom. The monoisotopic (exact) mass is 610 g/mol. The third kappa shape index (κ3) is 6.67. The molecule has 0 bridgehead atoms. The summed E-state index contributed by atoms with van der Waals surface area (Å²) in [7, 11) is -0.751. The predicted octanol–water partition coefficient (Wildman–Crippen LogP) is 2.76. The first-order chi connectivity index (χ1) is 19.5. The van der Waals surface area contributed by atoms with Gasteiger partial charge in [0, 0.05) is 44.0 Å². The Hall–Kier alpha value is -3.59. The number of likely N-dealkylation sites (tertiary alicyclic amines) is 1. The van der Waals surface area contributed by atoms with Crippen LogP contribution in [0.5, 0.6) is 5.75 Å². The summed E-state index contributed by atoms with van der Waals surface area (Å²) in [5.74, 6) is -3.73. The zero-order chi connectivity index (χ0) is 29.9. The average Bonchev–Trinajstić information content (AvgIpc) is 3.31. The lowest BCUT2D eigenvalue weighted by Gasteiger charge is -2.32. The van der Waals surface area contributed by atoms with E-state index in [2.05, 4.69) is 15.0 Å². The van der Waals surface area contributed by atoms with Crippen LogP contribution in [0.1, 0.15) is 33.8 Å². The molecule has 2 amide bonds. The summed E-state index contributed by atoms with van der Waals surface area (Å²) >= 11 is 6.39. The van der Waals surface area contributed by atoms with Gasteiger partial charge in [-0.15, -0.1) is 0 Å². The molecule has 0 aliphatic carbocycles. The highest BCUT2D eigenvalue weighted by Crippen LogP contribution is 2.30. The van der Waals surface area contributed by atoms with Crippen molar-refractivity contribution in [2.75, 3.05) is 37.8 Å². The van der Waals surface area contributed by atoms with Crippen molar-refractivity contribution >= 4 is 39.1 Å². The van der Waals surface area contributed by atoms with E-state index in [1.54, 1.807) is 4.90 Å². The fraction of sp³-hybridized carbons (Fsp3) is 0.346. The van der Waals surface area contributed by atoms with Crippen LogP contribution < -0.4 is 20.5 Å². The molecule has 1 aliphatic heterocycles. The van der Waals surface area contributed by atoms with E-state index >= 15 is 0 Å². The number of nitrogens with two attached hydrogens (primary N) is 1. The summed E-state index contributed by atoms with van der Waals surface area (Å²) in [5, 5.41) is 2.75. The number of nitrogens with zero attached hydrogens (tertiary/aromatic N) is 3. The second-order valence-corrected chi connectivity index (χ2v) is 11.7. The summed E-state index contributed by atoms with van der Waals surface area (Å²) in [6, 6.07) is 6.73. The Morgan fingerprint density at radius 1 is 1.17 bits per heavy atom. The Morgan fingerprint density at radius 3 is 2.51 bits per heavy atom. The number of aromatic nitrogens is 2. The molecule has 2 heterocycles. The number of nitrogens with one attached hydrogen (secondary N) is 2. The van der Waals surface area contributed by atoms with Crippen molar-refractivity contribution in [1.29, 1.82) is 0 Å². The number of hydrogen-bond donors (Lipinski definition) is 3. The maximum Gasteiger partial charge on any atom is 0.291 e. The zero-order valence-corrected chi connectivity index (χ0v) is 23.9. The van der Waals surface area contributed by atoms with Crippen LogP contribution in [0, 0.1) is 11.6 Å². The van der Waals surface area contributed by atoms with Crippen molar-refractivity contribution in [1.82, 2.24) is 19.2 Å². The molecule has 3 aromatic rings. The lowest BCUT2D eigenvalue weighted by molar-refractivity contribution is 0.0711. The Bertz CT molecular complexity index is 1570. The van der Waals surface area contributed by atoms with Gasteiger partial charge in [-0.2, -0.15) is 4.39 Å². The van der Waals surface area contributed by atoms with Gasteiger partial charge in [0.2, 0.25) is 15.8 Å². The summed E-state index contributed by atoms with van der Waals surface area (Å²) in [6.45, 7) is 0.697. The van der Waals surface area contributed by atoms with Gasteiger partial charge in [0.1, 0.15) is 0 Å². The molecule has 15 heteroatoms. The number of ether oxygens (including phenoxy) is 1. The molecule has 0 spiro atoms. The number of imidazole rings is 1. The third-order valence-electron chi connectivity index (χ3n) is 6.71. The third-order valence-corrected chi connectivity index (χ3v) is 8.48. The molecule has 0 unspecified atom stereocenters. The van der Waals surface area contributed by atoms with Crippen molar-refractivity contribution in [3.05, 3.63) is 64.6 Å². The van der Waals surface area contributed by atoms with Crippen LogP contribution >= 0.6 is 11.6 Å². The first kappa shape index (κ1) is 30.4. The molecule has 4 rings (SSSR count). The molecule has 220 valence electrons. The van der Waals surface area contributed by atoms with Crippen molar-refractivity contribution in [2.45, 2.75) is 18.9 Å². The summed E-state index contributed by atoms with van der Waals surface area (Å²) in [4.78, 5) is 31.6. The van der Waals surface area contributed by atoms with Crippen molar-refractivity contribution in [2.24, 2.45) is 12.8 Å². The van der Waals surface area contributed by atoms with Crippen molar-refractivity contribution in [3.63, 3.8) is 0 Å².